The SMILES string of the molecule is CC(C)C(=O)CS(=O)(=O)c1ccc(-c2ccccc2)cc1. The average molecular weight is 302 g/mol. The Labute approximate surface area is 125 Å². The van der Waals surface area contributed by atoms with Crippen LogP contribution in [0.3, 0.4) is 0 Å². The van der Waals surface area contributed by atoms with Crippen LogP contribution in [0.4, 0.5) is 0 Å². The number of carbonyl (C=O) groups excluding carboxylic acids is 1. The predicted octanol–water partition coefficient (Wildman–Crippen LogP) is 3.35. The van der Waals surface area contributed by atoms with Crippen LogP contribution in [-0.2, 0) is 14.6 Å². The quantitative estimate of drug-likeness (QED) is 0.851. The largest absolute Gasteiger partial charge is 0.298 e. The van der Waals surface area contributed by atoms with Crippen LogP contribution >= 0.6 is 0 Å². The van der Waals surface area contributed by atoms with E-state index in [0.29, 0.717) is 0 Å². The van der Waals surface area contributed by atoms with Gasteiger partial charge in [-0.3, -0.25) is 4.79 Å². The van der Waals surface area contributed by atoms with Crippen molar-refractivity contribution in [3.05, 3.63) is 54.6 Å². The Morgan fingerprint density at radius 2 is 1.43 bits per heavy atom. The number of carbonyl (C=O) groups is 1. The molecule has 0 amide bonds. The second-order valence-electron chi connectivity index (χ2n) is 5.27. The molecule has 2 aromatic rings. The molecule has 110 valence electrons. The van der Waals surface area contributed by atoms with Crippen molar-refractivity contribution in [1.29, 1.82) is 0 Å². The Kier molecular flexibility index (Phi) is 4.58. The van der Waals surface area contributed by atoms with E-state index >= 15 is 0 Å². The van der Waals surface area contributed by atoms with Crippen molar-refractivity contribution in [2.24, 2.45) is 5.92 Å². The third-order valence-corrected chi connectivity index (χ3v) is 4.95. The first-order valence-corrected chi connectivity index (χ1v) is 8.46. The number of rotatable bonds is 5. The molecule has 0 aliphatic carbocycles. The third kappa shape index (κ3) is 3.79. The Hall–Kier alpha value is -1.94. The number of hydrogen-bond acceptors (Lipinski definition) is 3. The summed E-state index contributed by atoms with van der Waals surface area (Å²) in [5, 5.41) is 0. The van der Waals surface area contributed by atoms with Gasteiger partial charge in [0.15, 0.2) is 15.6 Å². The monoisotopic (exact) mass is 302 g/mol. The lowest BCUT2D eigenvalue weighted by molar-refractivity contribution is -0.119. The van der Waals surface area contributed by atoms with E-state index in [1.165, 1.54) is 0 Å². The molecule has 0 saturated heterocycles. The van der Waals surface area contributed by atoms with E-state index in [1.807, 2.05) is 30.3 Å². The summed E-state index contributed by atoms with van der Waals surface area (Å²) in [7, 11) is -3.55. The van der Waals surface area contributed by atoms with Gasteiger partial charge >= 0.3 is 0 Å². The molecule has 4 heteroatoms. The van der Waals surface area contributed by atoms with E-state index < -0.39 is 15.6 Å². The lowest BCUT2D eigenvalue weighted by Gasteiger charge is -2.07. The average Bonchev–Trinajstić information content (AvgIpc) is 2.48. The highest BCUT2D eigenvalue weighted by Crippen LogP contribution is 2.21. The minimum absolute atomic E-state index is 0.191. The van der Waals surface area contributed by atoms with Crippen LogP contribution in [0.2, 0.25) is 0 Å². The van der Waals surface area contributed by atoms with Gasteiger partial charge in [0.05, 0.1) is 4.90 Å². The molecule has 0 bridgehead atoms. The van der Waals surface area contributed by atoms with Gasteiger partial charge in [-0.2, -0.15) is 0 Å². The molecule has 0 fully saturated rings. The fourth-order valence-corrected chi connectivity index (χ4v) is 3.35. The first-order valence-electron chi connectivity index (χ1n) is 6.81. The highest BCUT2D eigenvalue weighted by Gasteiger charge is 2.21. The Balaban J connectivity index is 2.25. The summed E-state index contributed by atoms with van der Waals surface area (Å²) in [6, 6.07) is 16.4. The Morgan fingerprint density at radius 3 is 1.95 bits per heavy atom. The summed E-state index contributed by atoms with van der Waals surface area (Å²) < 4.78 is 24.3. The molecule has 2 aromatic carbocycles. The van der Waals surface area contributed by atoms with Gasteiger partial charge in [0.2, 0.25) is 0 Å². The molecule has 0 saturated carbocycles. The van der Waals surface area contributed by atoms with Crippen LogP contribution in [0.1, 0.15) is 13.8 Å². The van der Waals surface area contributed by atoms with Crippen molar-refractivity contribution in [2.75, 3.05) is 5.75 Å². The number of sulfone groups is 1. The van der Waals surface area contributed by atoms with Crippen molar-refractivity contribution in [1.82, 2.24) is 0 Å². The third-order valence-electron chi connectivity index (χ3n) is 3.30. The zero-order valence-electron chi connectivity index (χ0n) is 12.1. The molecule has 3 nitrogen and oxygen atoms in total. The summed E-state index contributed by atoms with van der Waals surface area (Å²) in [6.45, 7) is 3.41. The molecule has 2 rings (SSSR count). The number of ketones is 1. The maximum absolute atomic E-state index is 12.2. The first kappa shape index (κ1) is 15.4. The van der Waals surface area contributed by atoms with Crippen LogP contribution in [0.5, 0.6) is 0 Å². The van der Waals surface area contributed by atoms with Crippen molar-refractivity contribution in [2.45, 2.75) is 18.7 Å². The second-order valence-corrected chi connectivity index (χ2v) is 7.26. The number of benzene rings is 2. The van der Waals surface area contributed by atoms with Gasteiger partial charge in [-0.15, -0.1) is 0 Å². The molecule has 0 aliphatic rings. The topological polar surface area (TPSA) is 51.2 Å². The van der Waals surface area contributed by atoms with Crippen molar-refractivity contribution >= 4 is 15.6 Å². The fourth-order valence-electron chi connectivity index (χ4n) is 1.92. The smallest absolute Gasteiger partial charge is 0.185 e. The Morgan fingerprint density at radius 1 is 0.905 bits per heavy atom. The van der Waals surface area contributed by atoms with E-state index in [4.69, 9.17) is 0 Å². The van der Waals surface area contributed by atoms with E-state index in [9.17, 15) is 13.2 Å². The normalized spacial score (nSPS) is 11.6. The summed E-state index contributed by atoms with van der Waals surface area (Å²) >= 11 is 0. The van der Waals surface area contributed by atoms with E-state index in [2.05, 4.69) is 0 Å². The van der Waals surface area contributed by atoms with Crippen molar-refractivity contribution < 1.29 is 13.2 Å². The fraction of sp³-hybridized carbons (Fsp3) is 0.235. The highest BCUT2D eigenvalue weighted by molar-refractivity contribution is 7.92. The van der Waals surface area contributed by atoms with Gasteiger partial charge in [-0.05, 0) is 23.3 Å². The van der Waals surface area contributed by atoms with Gasteiger partial charge in [0.1, 0.15) is 5.75 Å². The first-order chi connectivity index (χ1) is 9.90. The maximum atomic E-state index is 12.2. The second kappa shape index (κ2) is 6.22. The molecule has 0 aromatic heterocycles. The van der Waals surface area contributed by atoms with Gasteiger partial charge in [-0.25, -0.2) is 8.42 Å². The molecule has 0 N–H and O–H groups in total. The summed E-state index contributed by atoms with van der Waals surface area (Å²) in [6.07, 6.45) is 0. The Bertz CT molecular complexity index is 714. The van der Waals surface area contributed by atoms with Crippen LogP contribution in [0.15, 0.2) is 59.5 Å². The predicted molar refractivity (Wildman–Crippen MR) is 83.8 cm³/mol. The maximum Gasteiger partial charge on any atom is 0.185 e. The summed E-state index contributed by atoms with van der Waals surface area (Å²) in [4.78, 5) is 11.8. The minimum Gasteiger partial charge on any atom is -0.298 e. The molecular formula is C17H18O3S. The van der Waals surface area contributed by atoms with Gasteiger partial charge < -0.3 is 0 Å². The summed E-state index contributed by atoms with van der Waals surface area (Å²) in [5.74, 6) is -0.972. The van der Waals surface area contributed by atoms with E-state index in [0.717, 1.165) is 11.1 Å². The van der Waals surface area contributed by atoms with Crippen LogP contribution < -0.4 is 0 Å². The molecule has 0 heterocycles. The summed E-state index contributed by atoms with van der Waals surface area (Å²) in [5.41, 5.74) is 1.98. The molecule has 0 atom stereocenters. The van der Waals surface area contributed by atoms with Gasteiger partial charge in [-0.1, -0.05) is 56.3 Å². The van der Waals surface area contributed by atoms with Crippen LogP contribution in [0, 0.1) is 5.92 Å². The zero-order valence-corrected chi connectivity index (χ0v) is 12.9. The van der Waals surface area contributed by atoms with E-state index in [-0.39, 0.29) is 16.6 Å². The van der Waals surface area contributed by atoms with Crippen molar-refractivity contribution in [3.8, 4) is 11.1 Å². The number of Topliss-reactive ketones (excluding diaryl/α,β-unsaturated/α-hetero) is 1. The molecule has 0 radical (unpaired) electrons. The lowest BCUT2D eigenvalue weighted by atomic mass is 10.1. The van der Waals surface area contributed by atoms with E-state index in [1.54, 1.807) is 38.1 Å². The van der Waals surface area contributed by atoms with Crippen LogP contribution in [-0.4, -0.2) is 20.0 Å². The molecular weight excluding hydrogens is 284 g/mol. The minimum atomic E-state index is -3.55. The molecule has 0 spiro atoms. The molecule has 0 aliphatic heterocycles. The van der Waals surface area contributed by atoms with Gasteiger partial charge in [0, 0.05) is 5.92 Å². The number of hydrogen-bond donors (Lipinski definition) is 0. The molecule has 0 unspecified atom stereocenters. The van der Waals surface area contributed by atoms with Crippen molar-refractivity contribution in [3.63, 3.8) is 0 Å². The van der Waals surface area contributed by atoms with Crippen LogP contribution in [0.25, 0.3) is 11.1 Å². The van der Waals surface area contributed by atoms with Gasteiger partial charge in [0.25, 0.3) is 0 Å². The zero-order chi connectivity index (χ0) is 15.5. The lowest BCUT2D eigenvalue weighted by Crippen LogP contribution is -2.20. The standard InChI is InChI=1S/C17H18O3S/c1-13(2)17(18)12-21(19,20)16-10-8-15(9-11-16)14-6-4-3-5-7-14/h3-11,13H,12H2,1-2H3. The molecule has 21 heavy (non-hydrogen) atoms. The highest BCUT2D eigenvalue weighted by atomic mass is 32.2.